The summed E-state index contributed by atoms with van der Waals surface area (Å²) in [5.41, 5.74) is 2.60. The van der Waals surface area contributed by atoms with Gasteiger partial charge in [0.1, 0.15) is 17.7 Å². The van der Waals surface area contributed by atoms with Crippen LogP contribution in [0.2, 0.25) is 0 Å². The summed E-state index contributed by atoms with van der Waals surface area (Å²) in [5, 5.41) is 2.99. The highest BCUT2D eigenvalue weighted by molar-refractivity contribution is 5.76. The summed E-state index contributed by atoms with van der Waals surface area (Å²) in [6.07, 6.45) is 0.581. The smallest absolute Gasteiger partial charge is 0.221 e. The molecule has 3 aromatic rings. The van der Waals surface area contributed by atoms with Crippen LogP contribution in [0.4, 0.5) is 4.39 Å². The average molecular weight is 479 g/mol. The van der Waals surface area contributed by atoms with Crippen molar-refractivity contribution >= 4 is 5.91 Å². The molecule has 1 heterocycles. The number of halogens is 1. The van der Waals surface area contributed by atoms with Gasteiger partial charge in [-0.05, 0) is 36.2 Å². The molecule has 184 valence electrons. The van der Waals surface area contributed by atoms with Gasteiger partial charge in [0.2, 0.25) is 5.91 Å². The first-order chi connectivity index (χ1) is 17.1. The minimum atomic E-state index is -0.451. The Morgan fingerprint density at radius 1 is 1.06 bits per heavy atom. The van der Waals surface area contributed by atoms with Crippen molar-refractivity contribution in [1.29, 1.82) is 0 Å². The Hall–Kier alpha value is -3.58. The largest absolute Gasteiger partial charge is 0.493 e. The minimum absolute atomic E-state index is 0.0219. The Labute approximate surface area is 205 Å². The third kappa shape index (κ3) is 6.31. The van der Waals surface area contributed by atoms with E-state index in [-0.39, 0.29) is 11.7 Å². The molecule has 0 aromatic heterocycles. The van der Waals surface area contributed by atoms with Crippen molar-refractivity contribution in [3.63, 3.8) is 0 Å². The fourth-order valence-corrected chi connectivity index (χ4v) is 4.28. The lowest BCUT2D eigenvalue weighted by Gasteiger charge is -2.24. The standard InChI is InChI=1S/C28H31FN2O4/c1-33-25-12-11-20(17-26(25)34-2)13-15-30-28(32)14-16-31-18-21-7-3-6-10-24(21)35-27(19-31)22-8-4-5-9-23(22)29/h3-12,17,27H,13-16,18-19H2,1-2H3,(H,30,32). The molecule has 1 amide bonds. The second-order valence-electron chi connectivity index (χ2n) is 8.51. The number of fused-ring (bicyclic) bond motifs is 1. The lowest BCUT2D eigenvalue weighted by atomic mass is 10.1. The number of hydrogen-bond donors (Lipinski definition) is 1. The normalized spacial score (nSPS) is 15.5. The molecule has 0 radical (unpaired) electrons. The van der Waals surface area contributed by atoms with Gasteiger partial charge in [-0.1, -0.05) is 42.5 Å². The second kappa shape index (κ2) is 11.7. The van der Waals surface area contributed by atoms with Gasteiger partial charge in [0.05, 0.1) is 14.2 Å². The molecule has 6 nitrogen and oxygen atoms in total. The molecule has 1 unspecified atom stereocenters. The van der Waals surface area contributed by atoms with E-state index in [0.29, 0.717) is 56.1 Å². The zero-order chi connectivity index (χ0) is 24.6. The molecule has 1 atom stereocenters. The number of ether oxygens (including phenoxy) is 3. The molecule has 1 aliphatic heterocycles. The summed E-state index contributed by atoms with van der Waals surface area (Å²) in [7, 11) is 3.21. The zero-order valence-corrected chi connectivity index (χ0v) is 20.1. The molecule has 0 saturated heterocycles. The summed E-state index contributed by atoms with van der Waals surface area (Å²) in [5.74, 6) is 1.79. The van der Waals surface area contributed by atoms with Gasteiger partial charge in [-0.2, -0.15) is 0 Å². The van der Waals surface area contributed by atoms with Crippen LogP contribution in [-0.2, 0) is 17.8 Å². The Kier molecular flexibility index (Phi) is 8.21. The lowest BCUT2D eigenvalue weighted by molar-refractivity contribution is -0.121. The fraction of sp³-hybridized carbons (Fsp3) is 0.321. The molecule has 35 heavy (non-hydrogen) atoms. The number of nitrogens with zero attached hydrogens (tertiary/aromatic N) is 1. The van der Waals surface area contributed by atoms with E-state index in [1.165, 1.54) is 6.07 Å². The van der Waals surface area contributed by atoms with Crippen LogP contribution in [0.5, 0.6) is 17.2 Å². The maximum atomic E-state index is 14.5. The second-order valence-corrected chi connectivity index (χ2v) is 8.51. The van der Waals surface area contributed by atoms with E-state index in [9.17, 15) is 9.18 Å². The number of benzene rings is 3. The average Bonchev–Trinajstić information content (AvgIpc) is 3.07. The number of hydrogen-bond acceptors (Lipinski definition) is 5. The third-order valence-electron chi connectivity index (χ3n) is 6.15. The molecular weight excluding hydrogens is 447 g/mol. The van der Waals surface area contributed by atoms with E-state index >= 15 is 0 Å². The van der Waals surface area contributed by atoms with Crippen molar-refractivity contribution in [3.8, 4) is 17.2 Å². The predicted molar refractivity (Wildman–Crippen MR) is 132 cm³/mol. The molecule has 0 bridgehead atoms. The van der Waals surface area contributed by atoms with Gasteiger partial charge in [-0.25, -0.2) is 4.39 Å². The number of carbonyl (C=O) groups is 1. The minimum Gasteiger partial charge on any atom is -0.493 e. The van der Waals surface area contributed by atoms with Gasteiger partial charge in [-0.3, -0.25) is 9.69 Å². The number of carbonyl (C=O) groups excluding carboxylic acids is 1. The Morgan fingerprint density at radius 3 is 2.63 bits per heavy atom. The number of para-hydroxylation sites is 1. The molecule has 0 spiro atoms. The van der Waals surface area contributed by atoms with Crippen LogP contribution >= 0.6 is 0 Å². The molecule has 3 aromatic carbocycles. The van der Waals surface area contributed by atoms with Crippen LogP contribution in [0.25, 0.3) is 0 Å². The van der Waals surface area contributed by atoms with Crippen molar-refractivity contribution in [2.24, 2.45) is 0 Å². The summed E-state index contributed by atoms with van der Waals surface area (Å²) in [4.78, 5) is 14.7. The number of methoxy groups -OCH3 is 2. The molecule has 1 N–H and O–H groups in total. The van der Waals surface area contributed by atoms with Crippen molar-refractivity contribution in [3.05, 3.63) is 89.2 Å². The zero-order valence-electron chi connectivity index (χ0n) is 20.1. The first kappa shape index (κ1) is 24.5. The highest BCUT2D eigenvalue weighted by atomic mass is 19.1. The molecule has 0 aliphatic carbocycles. The summed E-state index contributed by atoms with van der Waals surface area (Å²) >= 11 is 0. The molecule has 0 saturated carbocycles. The Balaban J connectivity index is 1.34. The quantitative estimate of drug-likeness (QED) is 0.490. The van der Waals surface area contributed by atoms with Gasteiger partial charge in [0.25, 0.3) is 0 Å². The van der Waals surface area contributed by atoms with Gasteiger partial charge in [-0.15, -0.1) is 0 Å². The summed E-state index contributed by atoms with van der Waals surface area (Å²) in [6, 6.07) is 20.2. The van der Waals surface area contributed by atoms with Gasteiger partial charge in [0, 0.05) is 43.7 Å². The summed E-state index contributed by atoms with van der Waals surface area (Å²) < 4.78 is 31.3. The first-order valence-electron chi connectivity index (χ1n) is 11.8. The van der Waals surface area contributed by atoms with Crippen LogP contribution in [0.1, 0.15) is 29.2 Å². The lowest BCUT2D eigenvalue weighted by Crippen LogP contribution is -2.33. The molecule has 7 heteroatoms. The van der Waals surface area contributed by atoms with Crippen LogP contribution < -0.4 is 19.5 Å². The SMILES string of the molecule is COc1ccc(CCNC(=O)CCN2Cc3ccccc3OC(c3ccccc3F)C2)cc1OC. The van der Waals surface area contributed by atoms with Crippen LogP contribution in [0, 0.1) is 5.82 Å². The highest BCUT2D eigenvalue weighted by Gasteiger charge is 2.26. The third-order valence-corrected chi connectivity index (χ3v) is 6.15. The maximum Gasteiger partial charge on any atom is 0.221 e. The van der Waals surface area contributed by atoms with Gasteiger partial charge in [0.15, 0.2) is 11.5 Å². The van der Waals surface area contributed by atoms with Crippen LogP contribution in [0.15, 0.2) is 66.7 Å². The number of nitrogens with one attached hydrogen (secondary N) is 1. The van der Waals surface area contributed by atoms with Crippen LogP contribution in [-0.4, -0.2) is 44.7 Å². The topological polar surface area (TPSA) is 60.0 Å². The predicted octanol–water partition coefficient (Wildman–Crippen LogP) is 4.53. The van der Waals surface area contributed by atoms with E-state index in [0.717, 1.165) is 16.9 Å². The monoisotopic (exact) mass is 478 g/mol. The van der Waals surface area contributed by atoms with Crippen molar-refractivity contribution in [2.75, 3.05) is 33.9 Å². The first-order valence-corrected chi connectivity index (χ1v) is 11.8. The van der Waals surface area contributed by atoms with Gasteiger partial charge >= 0.3 is 0 Å². The van der Waals surface area contributed by atoms with Gasteiger partial charge < -0.3 is 19.5 Å². The maximum absolute atomic E-state index is 14.5. The van der Waals surface area contributed by atoms with E-state index in [1.807, 2.05) is 48.5 Å². The van der Waals surface area contributed by atoms with E-state index in [4.69, 9.17) is 14.2 Å². The van der Waals surface area contributed by atoms with Crippen molar-refractivity contribution < 1.29 is 23.4 Å². The van der Waals surface area contributed by atoms with E-state index < -0.39 is 6.10 Å². The molecular formula is C28H31FN2O4. The van der Waals surface area contributed by atoms with Crippen molar-refractivity contribution in [2.45, 2.75) is 25.5 Å². The highest BCUT2D eigenvalue weighted by Crippen LogP contribution is 2.32. The molecule has 1 aliphatic rings. The molecule has 4 rings (SSSR count). The fourth-order valence-electron chi connectivity index (χ4n) is 4.28. The van der Waals surface area contributed by atoms with Crippen LogP contribution in [0.3, 0.4) is 0 Å². The number of amides is 1. The Bertz CT molecular complexity index is 1150. The van der Waals surface area contributed by atoms with E-state index in [2.05, 4.69) is 10.2 Å². The van der Waals surface area contributed by atoms with E-state index in [1.54, 1.807) is 26.4 Å². The molecule has 0 fully saturated rings. The van der Waals surface area contributed by atoms with Crippen molar-refractivity contribution in [1.82, 2.24) is 10.2 Å². The number of rotatable bonds is 9. The summed E-state index contributed by atoms with van der Waals surface area (Å²) in [6.45, 7) is 2.21. The Morgan fingerprint density at radius 2 is 1.83 bits per heavy atom.